The number of alkyl halides is 3. The van der Waals surface area contributed by atoms with Gasteiger partial charge in [-0.1, -0.05) is 0 Å². The van der Waals surface area contributed by atoms with Crippen LogP contribution >= 0.6 is 0 Å². The van der Waals surface area contributed by atoms with Gasteiger partial charge in [-0.25, -0.2) is 4.39 Å². The Labute approximate surface area is 103 Å². The molecule has 98 valence electrons. The molecule has 0 radical (unpaired) electrons. The summed E-state index contributed by atoms with van der Waals surface area (Å²) in [6.45, 7) is 2.45. The number of rotatable bonds is 4. The van der Waals surface area contributed by atoms with E-state index in [0.29, 0.717) is 19.0 Å². The Morgan fingerprint density at radius 2 is 1.94 bits per heavy atom. The number of hydrogen-bond donors (Lipinski definition) is 1. The van der Waals surface area contributed by atoms with E-state index in [1.54, 1.807) is 6.92 Å². The highest BCUT2D eigenvalue weighted by Crippen LogP contribution is 2.30. The second-order valence-electron chi connectivity index (χ2n) is 3.70. The molecule has 5 heteroatoms. The third-order valence-corrected chi connectivity index (χ3v) is 2.22. The van der Waals surface area contributed by atoms with E-state index in [9.17, 15) is 17.6 Å². The molecule has 1 aromatic carbocycles. The van der Waals surface area contributed by atoms with Gasteiger partial charge < -0.3 is 5.32 Å². The van der Waals surface area contributed by atoms with Gasteiger partial charge in [-0.15, -0.1) is 11.8 Å². The predicted molar refractivity (Wildman–Crippen MR) is 61.2 cm³/mol. The van der Waals surface area contributed by atoms with E-state index < -0.39 is 17.6 Å². The normalized spacial score (nSPS) is 10.9. The summed E-state index contributed by atoms with van der Waals surface area (Å²) in [5.74, 6) is 4.64. The Kier molecular flexibility index (Phi) is 5.17. The maximum Gasteiger partial charge on any atom is 0.416 e. The molecule has 0 bridgehead atoms. The second-order valence-corrected chi connectivity index (χ2v) is 3.70. The molecule has 1 rings (SSSR count). The van der Waals surface area contributed by atoms with Gasteiger partial charge in [0.05, 0.1) is 5.56 Å². The number of halogens is 4. The predicted octanol–water partition coefficient (Wildman–Crippen LogP) is 3.35. The number of benzene rings is 1. The van der Waals surface area contributed by atoms with Crippen LogP contribution < -0.4 is 5.32 Å². The first kappa shape index (κ1) is 14.5. The SMILES string of the molecule is CC#CCCNCc1cc(F)cc(C(F)(F)F)c1. The van der Waals surface area contributed by atoms with Crippen molar-refractivity contribution in [2.24, 2.45) is 0 Å². The molecule has 0 saturated heterocycles. The van der Waals surface area contributed by atoms with E-state index in [2.05, 4.69) is 17.2 Å². The molecule has 0 unspecified atom stereocenters. The number of nitrogens with one attached hydrogen (secondary N) is 1. The summed E-state index contributed by atoms with van der Waals surface area (Å²) in [6.07, 6.45) is -3.91. The van der Waals surface area contributed by atoms with E-state index in [1.807, 2.05) is 0 Å². The summed E-state index contributed by atoms with van der Waals surface area (Å²) in [5, 5.41) is 2.91. The molecule has 0 saturated carbocycles. The molecular formula is C13H13F4N. The Morgan fingerprint density at radius 1 is 1.22 bits per heavy atom. The average Bonchev–Trinajstić information content (AvgIpc) is 2.27. The van der Waals surface area contributed by atoms with Crippen molar-refractivity contribution in [2.75, 3.05) is 6.54 Å². The fraction of sp³-hybridized carbons (Fsp3) is 0.385. The molecule has 1 aromatic rings. The van der Waals surface area contributed by atoms with Crippen molar-refractivity contribution in [2.45, 2.75) is 26.1 Å². The topological polar surface area (TPSA) is 12.0 Å². The van der Waals surface area contributed by atoms with Gasteiger partial charge in [0.1, 0.15) is 5.82 Å². The van der Waals surface area contributed by atoms with Crippen molar-refractivity contribution in [1.29, 1.82) is 0 Å². The standard InChI is InChI=1S/C13H13F4N/c1-2-3-4-5-18-9-10-6-11(13(15,16)17)8-12(14)7-10/h6-8,18H,4-5,9H2,1H3. The summed E-state index contributed by atoms with van der Waals surface area (Å²) in [7, 11) is 0. The molecule has 1 N–H and O–H groups in total. The fourth-order valence-electron chi connectivity index (χ4n) is 1.42. The first-order chi connectivity index (χ1) is 8.43. The third-order valence-electron chi connectivity index (χ3n) is 2.22. The lowest BCUT2D eigenvalue weighted by Crippen LogP contribution is -2.15. The summed E-state index contributed by atoms with van der Waals surface area (Å²) in [5.41, 5.74) is -0.695. The summed E-state index contributed by atoms with van der Waals surface area (Å²) >= 11 is 0. The third kappa shape index (κ3) is 4.76. The minimum Gasteiger partial charge on any atom is -0.312 e. The van der Waals surface area contributed by atoms with Gasteiger partial charge >= 0.3 is 6.18 Å². The molecule has 18 heavy (non-hydrogen) atoms. The first-order valence-electron chi connectivity index (χ1n) is 5.40. The zero-order chi connectivity index (χ0) is 13.6. The fourth-order valence-corrected chi connectivity index (χ4v) is 1.42. The van der Waals surface area contributed by atoms with E-state index in [4.69, 9.17) is 0 Å². The molecule has 0 aliphatic carbocycles. The van der Waals surface area contributed by atoms with E-state index >= 15 is 0 Å². The Morgan fingerprint density at radius 3 is 2.56 bits per heavy atom. The molecule has 0 heterocycles. The van der Waals surface area contributed by atoms with Crippen LogP contribution in [-0.4, -0.2) is 6.54 Å². The van der Waals surface area contributed by atoms with Gasteiger partial charge in [-0.05, 0) is 30.7 Å². The second kappa shape index (κ2) is 6.41. The lowest BCUT2D eigenvalue weighted by Gasteiger charge is -2.09. The largest absolute Gasteiger partial charge is 0.416 e. The van der Waals surface area contributed by atoms with Crippen molar-refractivity contribution in [3.63, 3.8) is 0 Å². The van der Waals surface area contributed by atoms with Crippen LogP contribution in [0.4, 0.5) is 17.6 Å². The molecule has 1 nitrogen and oxygen atoms in total. The maximum atomic E-state index is 13.0. The van der Waals surface area contributed by atoms with Crippen LogP contribution in [0.1, 0.15) is 24.5 Å². The maximum absolute atomic E-state index is 13.0. The van der Waals surface area contributed by atoms with Crippen molar-refractivity contribution < 1.29 is 17.6 Å². The van der Waals surface area contributed by atoms with Crippen LogP contribution in [0.2, 0.25) is 0 Å². The number of hydrogen-bond acceptors (Lipinski definition) is 1. The summed E-state index contributed by atoms with van der Waals surface area (Å²) in [4.78, 5) is 0. The van der Waals surface area contributed by atoms with E-state index in [1.165, 1.54) is 0 Å². The quantitative estimate of drug-likeness (QED) is 0.497. The molecule has 0 amide bonds. The van der Waals surface area contributed by atoms with Crippen LogP contribution in [0.3, 0.4) is 0 Å². The molecule has 0 aliphatic rings. The van der Waals surface area contributed by atoms with E-state index in [0.717, 1.165) is 12.1 Å². The van der Waals surface area contributed by atoms with Crippen LogP contribution in [0.15, 0.2) is 18.2 Å². The van der Waals surface area contributed by atoms with Gasteiger partial charge in [-0.3, -0.25) is 0 Å². The van der Waals surface area contributed by atoms with Crippen LogP contribution in [-0.2, 0) is 12.7 Å². The van der Waals surface area contributed by atoms with Crippen molar-refractivity contribution in [1.82, 2.24) is 5.32 Å². The minimum absolute atomic E-state index is 0.187. The molecule has 0 spiro atoms. The van der Waals surface area contributed by atoms with Crippen molar-refractivity contribution >= 4 is 0 Å². The molecule has 0 fully saturated rings. The average molecular weight is 259 g/mol. The van der Waals surface area contributed by atoms with Crippen LogP contribution in [0.25, 0.3) is 0 Å². The monoisotopic (exact) mass is 259 g/mol. The Hall–Kier alpha value is -1.54. The van der Waals surface area contributed by atoms with Crippen LogP contribution in [0, 0.1) is 17.7 Å². The zero-order valence-corrected chi connectivity index (χ0v) is 9.87. The highest BCUT2D eigenvalue weighted by molar-refractivity contribution is 5.26. The van der Waals surface area contributed by atoms with Crippen molar-refractivity contribution in [3.8, 4) is 11.8 Å². The van der Waals surface area contributed by atoms with Crippen LogP contribution in [0.5, 0.6) is 0 Å². The molecule has 0 atom stereocenters. The van der Waals surface area contributed by atoms with Gasteiger partial charge in [0.2, 0.25) is 0 Å². The van der Waals surface area contributed by atoms with Gasteiger partial charge in [-0.2, -0.15) is 13.2 Å². The minimum atomic E-state index is -4.52. The van der Waals surface area contributed by atoms with Crippen molar-refractivity contribution in [3.05, 3.63) is 35.1 Å². The Balaban J connectivity index is 2.65. The first-order valence-corrected chi connectivity index (χ1v) is 5.40. The zero-order valence-electron chi connectivity index (χ0n) is 9.87. The van der Waals surface area contributed by atoms with Gasteiger partial charge in [0.15, 0.2) is 0 Å². The smallest absolute Gasteiger partial charge is 0.312 e. The molecular weight excluding hydrogens is 246 g/mol. The highest BCUT2D eigenvalue weighted by atomic mass is 19.4. The van der Waals surface area contributed by atoms with E-state index in [-0.39, 0.29) is 12.1 Å². The lowest BCUT2D eigenvalue weighted by atomic mass is 10.1. The Bertz CT molecular complexity index is 454. The molecule has 0 aliphatic heterocycles. The summed E-state index contributed by atoms with van der Waals surface area (Å²) in [6, 6.07) is 2.53. The van der Waals surface area contributed by atoms with Gasteiger partial charge in [0.25, 0.3) is 0 Å². The summed E-state index contributed by atoms with van der Waals surface area (Å²) < 4.78 is 50.3. The molecule has 0 aromatic heterocycles. The van der Waals surface area contributed by atoms with Gasteiger partial charge in [0, 0.05) is 19.5 Å². The highest BCUT2D eigenvalue weighted by Gasteiger charge is 2.31. The lowest BCUT2D eigenvalue weighted by molar-refractivity contribution is -0.137.